The maximum absolute atomic E-state index is 12.7. The second-order valence-electron chi connectivity index (χ2n) is 5.64. The molecule has 0 amide bonds. The van der Waals surface area contributed by atoms with E-state index in [4.69, 9.17) is 16.0 Å². The first kappa shape index (κ1) is 21.5. The summed E-state index contributed by atoms with van der Waals surface area (Å²) in [6.45, 7) is 3.16. The van der Waals surface area contributed by atoms with Gasteiger partial charge in [-0.15, -0.1) is 0 Å². The van der Waals surface area contributed by atoms with Crippen LogP contribution >= 0.6 is 0 Å². The van der Waals surface area contributed by atoms with Crippen LogP contribution in [0.1, 0.15) is 25.8 Å². The first-order valence-electron chi connectivity index (χ1n) is 8.34. The summed E-state index contributed by atoms with van der Waals surface area (Å²) in [4.78, 5) is 8.05. The van der Waals surface area contributed by atoms with Gasteiger partial charge in [0.05, 0.1) is 11.4 Å². The predicted octanol–water partition coefficient (Wildman–Crippen LogP) is 3.93. The van der Waals surface area contributed by atoms with Crippen LogP contribution in [-0.4, -0.2) is 40.4 Å². The van der Waals surface area contributed by atoms with Gasteiger partial charge in [0.15, 0.2) is 0 Å². The normalized spacial score (nSPS) is 12.4. The number of hydrogen-bond donors (Lipinski definition) is 2. The van der Waals surface area contributed by atoms with Crippen molar-refractivity contribution >= 4 is 35.1 Å². The molecule has 2 aromatic rings. The largest absolute Gasteiger partial charge is 0.471 e. The lowest BCUT2D eigenvalue weighted by Crippen LogP contribution is -2.21. The van der Waals surface area contributed by atoms with E-state index in [-0.39, 0.29) is 23.9 Å². The molecular weight excluding hydrogens is 382 g/mol. The van der Waals surface area contributed by atoms with Crippen molar-refractivity contribution in [3.63, 3.8) is 0 Å². The average molecular weight is 401 g/mol. The zero-order chi connectivity index (χ0) is 21.2. The third-order valence-electron chi connectivity index (χ3n) is 3.44. The van der Waals surface area contributed by atoms with Crippen LogP contribution in [0.25, 0.3) is 5.32 Å². The van der Waals surface area contributed by atoms with Crippen LogP contribution in [0.5, 0.6) is 5.88 Å². The number of aromatic nitrogens is 2. The van der Waals surface area contributed by atoms with Gasteiger partial charge >= 0.3 is 0 Å². The highest BCUT2D eigenvalue weighted by molar-refractivity contribution is 6.42. The number of halogens is 2. The fourth-order valence-electron chi connectivity index (χ4n) is 1.92. The van der Waals surface area contributed by atoms with Gasteiger partial charge in [0, 0.05) is 23.3 Å². The van der Waals surface area contributed by atoms with E-state index >= 15 is 0 Å². The number of nitrogens with one attached hydrogen (secondary N) is 1. The van der Waals surface area contributed by atoms with Crippen molar-refractivity contribution in [2.24, 2.45) is 20.9 Å². The van der Waals surface area contributed by atoms with Gasteiger partial charge in [-0.05, 0) is 38.4 Å². The molecule has 3 N–H and O–H groups in total. The van der Waals surface area contributed by atoms with Crippen molar-refractivity contribution in [2.75, 3.05) is 6.61 Å². The molecule has 1 aromatic heterocycles. The van der Waals surface area contributed by atoms with Gasteiger partial charge in [-0.3, -0.25) is 5.10 Å². The van der Waals surface area contributed by atoms with Crippen molar-refractivity contribution < 1.29 is 13.5 Å². The second kappa shape index (κ2) is 10.5. The molecular formula is C18H19F2N8O-. The van der Waals surface area contributed by atoms with E-state index in [0.717, 1.165) is 0 Å². The molecule has 1 heterocycles. The number of nitrogens with zero attached hydrogens (tertiary/aromatic N) is 6. The molecule has 0 spiro atoms. The molecule has 0 aliphatic carbocycles. The Morgan fingerprint density at radius 2 is 1.93 bits per heavy atom. The first-order chi connectivity index (χ1) is 13.9. The van der Waals surface area contributed by atoms with Crippen molar-refractivity contribution in [1.29, 1.82) is 5.41 Å². The van der Waals surface area contributed by atoms with Crippen LogP contribution in [0, 0.1) is 5.41 Å². The maximum atomic E-state index is 12.7. The fraction of sp³-hybridized carbons (Fsp3) is 0.222. The van der Waals surface area contributed by atoms with Crippen molar-refractivity contribution in [3.05, 3.63) is 47.3 Å². The summed E-state index contributed by atoms with van der Waals surface area (Å²) in [6, 6.07) is 8.66. The van der Waals surface area contributed by atoms with E-state index in [0.29, 0.717) is 22.9 Å². The maximum Gasteiger partial charge on any atom is 0.263 e. The molecule has 0 atom stereocenters. The van der Waals surface area contributed by atoms with E-state index in [1.165, 1.54) is 37.5 Å². The summed E-state index contributed by atoms with van der Waals surface area (Å²) in [5.41, 5.74) is 1.19. The number of amidine groups is 1. The Labute approximate surface area is 165 Å². The van der Waals surface area contributed by atoms with Crippen LogP contribution < -0.4 is 10.6 Å². The Kier molecular flexibility index (Phi) is 7.83. The van der Waals surface area contributed by atoms with Crippen LogP contribution in [0.2, 0.25) is 0 Å². The lowest BCUT2D eigenvalue weighted by molar-refractivity contribution is 0.151. The molecule has 0 saturated heterocycles. The zero-order valence-corrected chi connectivity index (χ0v) is 15.8. The number of rotatable bonds is 8. The lowest BCUT2D eigenvalue weighted by atomic mass is 10.2. The van der Waals surface area contributed by atoms with Gasteiger partial charge in [-0.1, -0.05) is 12.1 Å². The minimum Gasteiger partial charge on any atom is -0.471 e. The van der Waals surface area contributed by atoms with E-state index < -0.39 is 6.43 Å². The molecule has 152 valence electrons. The van der Waals surface area contributed by atoms with Gasteiger partial charge in [0.2, 0.25) is 5.88 Å². The number of alkyl halides is 2. The summed E-state index contributed by atoms with van der Waals surface area (Å²) in [5.74, 6) is 5.97. The standard InChI is InChI=1S/C18H19F2N8O/c1-11(26-22)15(25-14-5-3-13(4-6-14)18(19)20)9-29-17-8-7-16(27-28-17)24-10-23-12(2)21/h3-8,10,18H,9,22H2,1-2H3,(H-,21,23,24,27)/q-1/b25-15?,26-11-. The van der Waals surface area contributed by atoms with Gasteiger partial charge in [0.1, 0.15) is 12.3 Å². The highest BCUT2D eigenvalue weighted by atomic mass is 19.3. The molecule has 0 unspecified atom stereocenters. The number of hydrazone groups is 1. The highest BCUT2D eigenvalue weighted by Gasteiger charge is 2.09. The Morgan fingerprint density at radius 1 is 1.21 bits per heavy atom. The molecule has 0 aliphatic heterocycles. The number of nitrogens with two attached hydrogens (primary N) is 1. The molecule has 0 aliphatic rings. The van der Waals surface area contributed by atoms with Gasteiger partial charge < -0.3 is 26.3 Å². The summed E-state index contributed by atoms with van der Waals surface area (Å²) >= 11 is 0. The Balaban J connectivity index is 2.06. The highest BCUT2D eigenvalue weighted by Crippen LogP contribution is 2.22. The zero-order valence-electron chi connectivity index (χ0n) is 15.8. The van der Waals surface area contributed by atoms with Crippen LogP contribution in [-0.2, 0) is 0 Å². The molecule has 29 heavy (non-hydrogen) atoms. The van der Waals surface area contributed by atoms with Crippen LogP contribution in [0.15, 0.2) is 51.5 Å². The number of benzene rings is 1. The van der Waals surface area contributed by atoms with E-state index in [1.807, 2.05) is 0 Å². The fourth-order valence-corrected chi connectivity index (χ4v) is 1.92. The van der Waals surface area contributed by atoms with E-state index in [1.54, 1.807) is 19.1 Å². The summed E-state index contributed by atoms with van der Waals surface area (Å²) in [5, 5.41) is 22.4. The SMILES string of the molecule is CC(=N)N=C[N-]c1ccc(OCC(=Nc2ccc(C(F)F)cc2)/C(C)=N\N)nn1. The third-order valence-corrected chi connectivity index (χ3v) is 3.44. The second-order valence-corrected chi connectivity index (χ2v) is 5.64. The monoisotopic (exact) mass is 401 g/mol. The number of hydrogen-bond acceptors (Lipinski definition) is 7. The molecule has 2 rings (SSSR count). The predicted molar refractivity (Wildman–Crippen MR) is 108 cm³/mol. The summed E-state index contributed by atoms with van der Waals surface area (Å²) in [6.07, 6.45) is -1.34. The topological polar surface area (TPSA) is 136 Å². The lowest BCUT2D eigenvalue weighted by Gasteiger charge is -2.10. The molecule has 1 aromatic carbocycles. The minimum absolute atomic E-state index is 0.0112. The van der Waals surface area contributed by atoms with E-state index in [2.05, 4.69) is 30.6 Å². The van der Waals surface area contributed by atoms with Crippen molar-refractivity contribution in [3.8, 4) is 5.88 Å². The quantitative estimate of drug-likeness (QED) is 0.300. The molecule has 11 heteroatoms. The molecule has 0 radical (unpaired) electrons. The number of aliphatic imine (C=N–C) groups is 2. The smallest absolute Gasteiger partial charge is 0.263 e. The first-order valence-corrected chi connectivity index (χ1v) is 8.34. The molecule has 0 fully saturated rings. The molecule has 0 saturated carbocycles. The Bertz CT molecular complexity index is 908. The summed E-state index contributed by atoms with van der Waals surface area (Å²) < 4.78 is 30.9. The van der Waals surface area contributed by atoms with Crippen LogP contribution in [0.4, 0.5) is 20.3 Å². The Hall–Kier alpha value is -3.76. The average Bonchev–Trinajstić information content (AvgIpc) is 2.71. The van der Waals surface area contributed by atoms with Gasteiger partial charge in [-0.2, -0.15) is 10.2 Å². The minimum atomic E-state index is -2.54. The van der Waals surface area contributed by atoms with Gasteiger partial charge in [0.25, 0.3) is 6.43 Å². The molecule has 9 nitrogen and oxygen atoms in total. The third kappa shape index (κ3) is 7.05. The van der Waals surface area contributed by atoms with Gasteiger partial charge in [-0.25, -0.2) is 13.8 Å². The van der Waals surface area contributed by atoms with Crippen molar-refractivity contribution in [1.82, 2.24) is 10.2 Å². The molecule has 0 bridgehead atoms. The number of ether oxygens (including phenoxy) is 1. The van der Waals surface area contributed by atoms with Crippen molar-refractivity contribution in [2.45, 2.75) is 20.3 Å². The summed E-state index contributed by atoms with van der Waals surface area (Å²) in [7, 11) is 0. The Morgan fingerprint density at radius 3 is 2.48 bits per heavy atom. The van der Waals surface area contributed by atoms with E-state index in [9.17, 15) is 8.78 Å². The van der Waals surface area contributed by atoms with Crippen LogP contribution in [0.3, 0.4) is 0 Å².